The molecule has 0 fully saturated rings. The van der Waals surface area contributed by atoms with Crippen LogP contribution in [0.15, 0.2) is 17.5 Å². The van der Waals surface area contributed by atoms with E-state index in [0.29, 0.717) is 0 Å². The van der Waals surface area contributed by atoms with Gasteiger partial charge in [-0.05, 0) is 0 Å². The van der Waals surface area contributed by atoms with Crippen molar-refractivity contribution >= 4 is 46.2 Å². The van der Waals surface area contributed by atoms with Crippen LogP contribution in [0.2, 0.25) is 0 Å². The van der Waals surface area contributed by atoms with Crippen molar-refractivity contribution in [3.63, 3.8) is 0 Å². The Morgan fingerprint density at radius 1 is 1.62 bits per heavy atom. The van der Waals surface area contributed by atoms with Gasteiger partial charge < -0.3 is 0 Å². The summed E-state index contributed by atoms with van der Waals surface area (Å²) >= 11 is 7.56. The second-order valence-corrected chi connectivity index (χ2v) is 5.24. The fourth-order valence-corrected chi connectivity index (χ4v) is 1.84. The summed E-state index contributed by atoms with van der Waals surface area (Å²) in [6, 6.07) is 4.11. The standard InChI is InChI=1S/C5H3SSe2/c7-5(8)4-2-1-3-6-4/h1-3H. The van der Waals surface area contributed by atoms with Crippen molar-refractivity contribution in [2.75, 3.05) is 0 Å². The van der Waals surface area contributed by atoms with Gasteiger partial charge in [0.25, 0.3) is 0 Å². The molecule has 0 unspecified atom stereocenters. The molecular weight excluding hydrogens is 250 g/mol. The van der Waals surface area contributed by atoms with Crippen molar-refractivity contribution in [3.8, 4) is 0 Å². The van der Waals surface area contributed by atoms with Gasteiger partial charge in [0.1, 0.15) is 0 Å². The van der Waals surface area contributed by atoms with Crippen molar-refractivity contribution in [2.45, 2.75) is 0 Å². The van der Waals surface area contributed by atoms with Crippen LogP contribution in [-0.4, -0.2) is 34.9 Å². The molecule has 0 aliphatic heterocycles. The first-order chi connectivity index (χ1) is 3.80. The molecule has 0 nitrogen and oxygen atoms in total. The summed E-state index contributed by atoms with van der Waals surface area (Å²) in [4.78, 5) is 1.28. The summed E-state index contributed by atoms with van der Waals surface area (Å²) in [5, 5.41) is 2.06. The minimum absolute atomic E-state index is 1.15. The molecule has 0 amide bonds. The van der Waals surface area contributed by atoms with Crippen molar-refractivity contribution < 1.29 is 0 Å². The van der Waals surface area contributed by atoms with Crippen molar-refractivity contribution in [1.29, 1.82) is 0 Å². The third kappa shape index (κ3) is 1.54. The maximum atomic E-state index is 2.91. The van der Waals surface area contributed by atoms with Crippen LogP contribution >= 0.6 is 11.3 Å². The van der Waals surface area contributed by atoms with Gasteiger partial charge in [-0.1, -0.05) is 0 Å². The van der Waals surface area contributed by atoms with Crippen molar-refractivity contribution in [3.05, 3.63) is 22.4 Å². The Labute approximate surface area is 68.5 Å². The summed E-state index contributed by atoms with van der Waals surface area (Å²) < 4.78 is 1.15. The Kier molecular flexibility index (Phi) is 2.48. The summed E-state index contributed by atoms with van der Waals surface area (Å²) in [6.07, 6.45) is 0. The molecule has 0 saturated heterocycles. The quantitative estimate of drug-likeness (QED) is 0.642. The molecule has 0 spiro atoms. The minimum atomic E-state index is 1.15. The van der Waals surface area contributed by atoms with Crippen molar-refractivity contribution in [1.82, 2.24) is 0 Å². The van der Waals surface area contributed by atoms with E-state index in [9.17, 15) is 0 Å². The van der Waals surface area contributed by atoms with Crippen LogP contribution in [0.25, 0.3) is 0 Å². The van der Waals surface area contributed by atoms with Gasteiger partial charge in [0.05, 0.1) is 0 Å². The third-order valence-electron chi connectivity index (χ3n) is 0.722. The van der Waals surface area contributed by atoms with Crippen LogP contribution in [0.5, 0.6) is 0 Å². The summed E-state index contributed by atoms with van der Waals surface area (Å²) in [5.41, 5.74) is 0. The van der Waals surface area contributed by atoms with Gasteiger partial charge in [-0.15, -0.1) is 0 Å². The molecule has 41 valence electrons. The number of hydrogen-bond acceptors (Lipinski definition) is 1. The zero-order valence-electron chi connectivity index (χ0n) is 3.96. The van der Waals surface area contributed by atoms with Crippen LogP contribution in [-0.2, 0) is 0 Å². The maximum absolute atomic E-state index is 2.91. The van der Waals surface area contributed by atoms with Gasteiger partial charge in [0, 0.05) is 0 Å². The van der Waals surface area contributed by atoms with E-state index in [1.165, 1.54) is 4.88 Å². The van der Waals surface area contributed by atoms with Gasteiger partial charge in [0.2, 0.25) is 0 Å². The molecule has 0 saturated carbocycles. The molecule has 8 heavy (non-hydrogen) atoms. The van der Waals surface area contributed by atoms with Gasteiger partial charge in [-0.3, -0.25) is 0 Å². The van der Waals surface area contributed by atoms with Gasteiger partial charge in [0.15, 0.2) is 0 Å². The Bertz CT molecular complexity index is 178. The molecule has 3 heteroatoms. The van der Waals surface area contributed by atoms with E-state index in [1.54, 1.807) is 11.3 Å². The van der Waals surface area contributed by atoms with Gasteiger partial charge in [-0.2, -0.15) is 0 Å². The first-order valence-corrected chi connectivity index (χ1v) is 4.65. The summed E-state index contributed by atoms with van der Waals surface area (Å²) in [6.45, 7) is 0. The monoisotopic (exact) mass is 255 g/mol. The first kappa shape index (κ1) is 6.73. The van der Waals surface area contributed by atoms with E-state index in [2.05, 4.69) is 43.0 Å². The normalized spacial score (nSPS) is 9.00. The molecular formula is C5H3SSe2. The number of thiophene rings is 1. The Hall–Kier alpha value is 0.609. The molecule has 1 aromatic heterocycles. The zero-order chi connectivity index (χ0) is 5.98. The SMILES string of the molecule is [Se]C(=[Se])c1cccs1. The fraction of sp³-hybridized carbons (Fsp3) is 0. The third-order valence-corrected chi connectivity index (χ3v) is 3.12. The van der Waals surface area contributed by atoms with E-state index in [-0.39, 0.29) is 0 Å². The Morgan fingerprint density at radius 3 is 2.62 bits per heavy atom. The molecule has 1 aromatic rings. The second kappa shape index (κ2) is 2.95. The van der Waals surface area contributed by atoms with E-state index in [1.807, 2.05) is 6.07 Å². The van der Waals surface area contributed by atoms with Crippen LogP contribution in [0.1, 0.15) is 4.88 Å². The van der Waals surface area contributed by atoms with E-state index < -0.39 is 0 Å². The van der Waals surface area contributed by atoms with Crippen molar-refractivity contribution in [2.24, 2.45) is 0 Å². The Balaban J connectivity index is 2.93. The summed E-state index contributed by atoms with van der Waals surface area (Å²) in [5.74, 6) is 0. The molecule has 1 radical (unpaired) electrons. The molecule has 0 aliphatic rings. The fourth-order valence-electron chi connectivity index (χ4n) is 0.395. The second-order valence-electron chi connectivity index (χ2n) is 1.26. The number of rotatable bonds is 1. The van der Waals surface area contributed by atoms with Crippen LogP contribution in [0.3, 0.4) is 0 Å². The molecule has 0 N–H and O–H groups in total. The predicted octanol–water partition coefficient (Wildman–Crippen LogP) is 0.563. The average Bonchev–Trinajstić information content (AvgIpc) is 2.12. The zero-order valence-corrected chi connectivity index (χ0v) is 8.20. The first-order valence-electron chi connectivity index (χ1n) is 2.05. The van der Waals surface area contributed by atoms with Crippen LogP contribution < -0.4 is 0 Å². The average molecular weight is 253 g/mol. The van der Waals surface area contributed by atoms with E-state index >= 15 is 0 Å². The number of hydrogen-bond donors (Lipinski definition) is 0. The Morgan fingerprint density at radius 2 is 2.38 bits per heavy atom. The van der Waals surface area contributed by atoms with Gasteiger partial charge >= 0.3 is 68.6 Å². The van der Waals surface area contributed by atoms with Crippen LogP contribution in [0, 0.1) is 0 Å². The van der Waals surface area contributed by atoms with E-state index in [0.717, 1.165) is 3.32 Å². The molecule has 0 aliphatic carbocycles. The van der Waals surface area contributed by atoms with Gasteiger partial charge in [-0.25, -0.2) is 0 Å². The van der Waals surface area contributed by atoms with Crippen LogP contribution in [0.4, 0.5) is 0 Å². The van der Waals surface area contributed by atoms with E-state index in [4.69, 9.17) is 0 Å². The molecule has 0 atom stereocenters. The molecule has 1 rings (SSSR count). The summed E-state index contributed by atoms with van der Waals surface area (Å²) in [7, 11) is 0. The molecule has 0 aromatic carbocycles. The predicted molar refractivity (Wildman–Crippen MR) is 39.9 cm³/mol. The molecule has 1 heterocycles. The molecule has 0 bridgehead atoms. The topological polar surface area (TPSA) is 0 Å².